The number of hydrogen-bond donors (Lipinski definition) is 1. The second-order valence-electron chi connectivity index (χ2n) is 13.6. The zero-order valence-electron chi connectivity index (χ0n) is 28.4. The number of benzene rings is 3. The minimum absolute atomic E-state index is 0.0249. The molecule has 3 aromatic rings. The Hall–Kier alpha value is -3.52. The van der Waals surface area contributed by atoms with Gasteiger partial charge >= 0.3 is 18.4 Å². The molecular formula is C37H42F6N2O4S. The number of nitrogens with one attached hydrogen (secondary N) is 1. The monoisotopic (exact) mass is 724 g/mol. The highest BCUT2D eigenvalue weighted by Crippen LogP contribution is 2.45. The van der Waals surface area contributed by atoms with Crippen molar-refractivity contribution in [3.8, 4) is 0 Å². The van der Waals surface area contributed by atoms with Gasteiger partial charge in [0.2, 0.25) is 0 Å². The second-order valence-corrected chi connectivity index (χ2v) is 15.5. The van der Waals surface area contributed by atoms with Gasteiger partial charge < -0.3 is 14.0 Å². The number of alkyl halides is 6. The van der Waals surface area contributed by atoms with E-state index in [1.165, 1.54) is 11.8 Å². The lowest BCUT2D eigenvalue weighted by Gasteiger charge is -2.53. The van der Waals surface area contributed by atoms with Gasteiger partial charge in [-0.15, -0.1) is 11.3 Å². The van der Waals surface area contributed by atoms with Crippen molar-refractivity contribution in [1.29, 1.82) is 0 Å². The SMILES string of the molecule is C=CC[C@@]1(N[S+]([O-])C(C)(C)C)CC[C@@](CO[C@H](C)c2cc(C(F)(F)F)cc(C(F)(F)F)c2)(c2ccccc2)N(C(=O)OCc2ccccc2)C1. The summed E-state index contributed by atoms with van der Waals surface area (Å²) >= 11 is -1.55. The average Bonchev–Trinajstić information content (AvgIpc) is 3.06. The molecule has 1 N–H and O–H groups in total. The number of piperidine rings is 1. The highest BCUT2D eigenvalue weighted by molar-refractivity contribution is 7.90. The predicted octanol–water partition coefficient (Wildman–Crippen LogP) is 9.50. The number of rotatable bonds is 11. The lowest BCUT2D eigenvalue weighted by Crippen LogP contribution is -2.67. The minimum atomic E-state index is -5.03. The summed E-state index contributed by atoms with van der Waals surface area (Å²) in [4.78, 5) is 15.7. The number of hydrogen-bond acceptors (Lipinski definition) is 5. The van der Waals surface area contributed by atoms with Crippen molar-refractivity contribution < 1.29 is 45.2 Å². The lowest BCUT2D eigenvalue weighted by atomic mass is 9.74. The molecular weight excluding hydrogens is 682 g/mol. The van der Waals surface area contributed by atoms with Gasteiger partial charge in [0.1, 0.15) is 11.4 Å². The summed E-state index contributed by atoms with van der Waals surface area (Å²) in [5.74, 6) is 0. The average molecular weight is 725 g/mol. The van der Waals surface area contributed by atoms with Crippen LogP contribution in [0.3, 0.4) is 0 Å². The topological polar surface area (TPSA) is 73.9 Å². The third-order valence-electron chi connectivity index (χ3n) is 8.78. The molecule has 1 aliphatic rings. The Kier molecular flexibility index (Phi) is 12.1. The quantitative estimate of drug-likeness (QED) is 0.121. The summed E-state index contributed by atoms with van der Waals surface area (Å²) in [7, 11) is 0. The van der Waals surface area contributed by atoms with Gasteiger partial charge in [0.25, 0.3) is 0 Å². The largest absolute Gasteiger partial charge is 0.598 e. The van der Waals surface area contributed by atoms with E-state index in [0.717, 1.165) is 5.56 Å². The van der Waals surface area contributed by atoms with E-state index < -0.39 is 62.9 Å². The maximum atomic E-state index is 14.2. The fourth-order valence-corrected chi connectivity index (χ4v) is 6.87. The molecule has 3 aromatic carbocycles. The van der Waals surface area contributed by atoms with Gasteiger partial charge in [-0.3, -0.25) is 4.90 Å². The molecule has 50 heavy (non-hydrogen) atoms. The number of nitrogens with zero attached hydrogens (tertiary/aromatic N) is 1. The lowest BCUT2D eigenvalue weighted by molar-refractivity contribution is -0.143. The van der Waals surface area contributed by atoms with Crippen LogP contribution in [-0.4, -0.2) is 39.0 Å². The van der Waals surface area contributed by atoms with Crippen LogP contribution in [-0.2, 0) is 45.3 Å². The summed E-state index contributed by atoms with van der Waals surface area (Å²) < 4.78 is 110. The summed E-state index contributed by atoms with van der Waals surface area (Å²) in [5, 5.41) is 0. The van der Waals surface area contributed by atoms with Crippen molar-refractivity contribution in [2.24, 2.45) is 0 Å². The molecule has 4 atom stereocenters. The standard InChI is InChI=1S/C37H42F6N2O4S/c1-6-17-34(44-50(47)33(3,4)5)18-19-35(29-15-11-8-12-16-29,45(24-34)32(46)48-23-27-13-9-7-10-14-27)25-49-26(2)28-20-30(36(38,39)40)22-31(21-28)37(41,42)43/h6-16,20-22,26,44H,1,17-19,23-25H2,2-5H3/t26-,34-,35-,50?/m1/s1. The number of carbonyl (C=O) groups is 1. The van der Waals surface area contributed by atoms with E-state index in [1.807, 2.05) is 26.8 Å². The number of carbonyl (C=O) groups excluding carboxylic acids is 1. The van der Waals surface area contributed by atoms with Gasteiger partial charge in [0.15, 0.2) is 0 Å². The molecule has 1 fully saturated rings. The van der Waals surface area contributed by atoms with Gasteiger partial charge in [-0.1, -0.05) is 66.7 Å². The van der Waals surface area contributed by atoms with Gasteiger partial charge in [-0.2, -0.15) is 26.3 Å². The molecule has 0 aromatic heterocycles. The Morgan fingerprint density at radius 2 is 1.52 bits per heavy atom. The van der Waals surface area contributed by atoms with Crippen molar-refractivity contribution in [1.82, 2.24) is 9.62 Å². The van der Waals surface area contributed by atoms with Gasteiger partial charge in [0, 0.05) is 17.9 Å². The number of likely N-dealkylation sites (tertiary alicyclic amines) is 1. The van der Waals surface area contributed by atoms with E-state index in [9.17, 15) is 35.7 Å². The molecule has 4 rings (SSSR count). The van der Waals surface area contributed by atoms with Crippen molar-refractivity contribution in [3.05, 3.63) is 119 Å². The van der Waals surface area contributed by atoms with Crippen LogP contribution in [0.4, 0.5) is 31.1 Å². The van der Waals surface area contributed by atoms with E-state index in [2.05, 4.69) is 11.3 Å². The minimum Gasteiger partial charge on any atom is -0.598 e. The van der Waals surface area contributed by atoms with E-state index >= 15 is 0 Å². The number of halogens is 6. The zero-order valence-corrected chi connectivity index (χ0v) is 29.2. The third-order valence-corrected chi connectivity index (χ3v) is 10.5. The van der Waals surface area contributed by atoms with E-state index in [-0.39, 0.29) is 37.8 Å². The molecule has 272 valence electrons. The first-order valence-corrected chi connectivity index (χ1v) is 17.2. The third kappa shape index (κ3) is 9.42. The Morgan fingerprint density at radius 1 is 0.960 bits per heavy atom. The molecule has 0 radical (unpaired) electrons. The Labute approximate surface area is 292 Å². The first-order chi connectivity index (χ1) is 23.3. The molecule has 1 amide bonds. The van der Waals surface area contributed by atoms with Crippen LogP contribution >= 0.6 is 0 Å². The molecule has 0 spiro atoms. The van der Waals surface area contributed by atoms with E-state index in [4.69, 9.17) is 9.47 Å². The Bertz CT molecular complexity index is 1570. The molecule has 0 aliphatic carbocycles. The highest BCUT2D eigenvalue weighted by atomic mass is 32.2. The Morgan fingerprint density at radius 3 is 2.04 bits per heavy atom. The van der Waals surface area contributed by atoms with Crippen LogP contribution in [0.15, 0.2) is 91.5 Å². The van der Waals surface area contributed by atoms with Crippen LogP contribution in [0.1, 0.15) is 80.9 Å². The van der Waals surface area contributed by atoms with Crippen LogP contribution in [0.5, 0.6) is 0 Å². The summed E-state index contributed by atoms with van der Waals surface area (Å²) in [5.41, 5.74) is -4.09. The van der Waals surface area contributed by atoms with Crippen molar-refractivity contribution in [2.75, 3.05) is 13.2 Å². The first kappa shape index (κ1) is 39.3. The predicted molar refractivity (Wildman–Crippen MR) is 180 cm³/mol. The molecule has 0 bridgehead atoms. The molecule has 13 heteroatoms. The summed E-state index contributed by atoms with van der Waals surface area (Å²) in [6, 6.07) is 19.2. The molecule has 1 unspecified atom stereocenters. The molecule has 0 saturated carbocycles. The van der Waals surface area contributed by atoms with Crippen LogP contribution in [0.25, 0.3) is 0 Å². The maximum absolute atomic E-state index is 14.2. The maximum Gasteiger partial charge on any atom is 0.416 e. The number of amides is 1. The molecule has 6 nitrogen and oxygen atoms in total. The summed E-state index contributed by atoms with van der Waals surface area (Å²) in [6.07, 6.45) is -9.47. The van der Waals surface area contributed by atoms with Crippen molar-refractivity contribution in [2.45, 2.75) is 87.8 Å². The smallest absolute Gasteiger partial charge is 0.416 e. The fourth-order valence-electron chi connectivity index (χ4n) is 5.92. The molecule has 1 saturated heterocycles. The second kappa shape index (κ2) is 15.4. The van der Waals surface area contributed by atoms with Gasteiger partial charge in [-0.25, -0.2) is 4.79 Å². The van der Waals surface area contributed by atoms with Crippen LogP contribution < -0.4 is 4.72 Å². The highest BCUT2D eigenvalue weighted by Gasteiger charge is 2.54. The van der Waals surface area contributed by atoms with Crippen molar-refractivity contribution >= 4 is 17.5 Å². The van der Waals surface area contributed by atoms with E-state index in [0.29, 0.717) is 30.5 Å². The van der Waals surface area contributed by atoms with Crippen LogP contribution in [0, 0.1) is 0 Å². The van der Waals surface area contributed by atoms with Crippen molar-refractivity contribution in [3.63, 3.8) is 0 Å². The van der Waals surface area contributed by atoms with Gasteiger partial charge in [-0.05, 0) is 81.8 Å². The van der Waals surface area contributed by atoms with E-state index in [1.54, 1.807) is 60.7 Å². The number of ether oxygens (including phenoxy) is 2. The zero-order chi connectivity index (χ0) is 37.0. The molecule has 1 heterocycles. The van der Waals surface area contributed by atoms with Gasteiger partial charge in [0.05, 0.1) is 34.9 Å². The normalized spacial score (nSPS) is 21.4. The molecule has 1 aliphatic heterocycles. The first-order valence-electron chi connectivity index (χ1n) is 16.1. The fraction of sp³-hybridized carbons (Fsp3) is 0.432. The van der Waals surface area contributed by atoms with Crippen LogP contribution in [0.2, 0.25) is 0 Å². The Balaban J connectivity index is 1.78. The summed E-state index contributed by atoms with van der Waals surface area (Å²) in [6.45, 7) is 10.3.